The van der Waals surface area contributed by atoms with E-state index in [9.17, 15) is 0 Å². The molecule has 2 aromatic rings. The summed E-state index contributed by atoms with van der Waals surface area (Å²) in [6.07, 6.45) is 2.57. The van der Waals surface area contributed by atoms with E-state index in [0.717, 1.165) is 31.8 Å². The van der Waals surface area contributed by atoms with E-state index in [1.54, 1.807) is 7.11 Å². The molecular weight excluding hydrogens is 352 g/mol. The second-order valence-electron chi connectivity index (χ2n) is 7.27. The summed E-state index contributed by atoms with van der Waals surface area (Å²) in [5.74, 6) is 1.92. The van der Waals surface area contributed by atoms with E-state index in [0.29, 0.717) is 35.2 Å². The molecule has 0 aliphatic carbocycles. The van der Waals surface area contributed by atoms with E-state index in [1.807, 2.05) is 24.3 Å². The van der Waals surface area contributed by atoms with Gasteiger partial charge >= 0.3 is 0 Å². The molecule has 7 heteroatoms. The average molecular weight is 377 g/mol. The summed E-state index contributed by atoms with van der Waals surface area (Å²) in [6, 6.07) is 8.17. The molecule has 26 heavy (non-hydrogen) atoms. The molecule has 1 aromatic carbocycles. The van der Waals surface area contributed by atoms with E-state index in [4.69, 9.17) is 20.9 Å². The Morgan fingerprint density at radius 3 is 2.96 bits per heavy atom. The van der Waals surface area contributed by atoms with E-state index in [2.05, 4.69) is 19.9 Å². The molecule has 0 N–H and O–H groups in total. The molecule has 0 saturated carbocycles. The maximum Gasteiger partial charge on any atom is 0.241 e. The van der Waals surface area contributed by atoms with Crippen molar-refractivity contribution < 1.29 is 9.26 Å². The molecule has 2 atom stereocenters. The van der Waals surface area contributed by atoms with Gasteiger partial charge in [-0.3, -0.25) is 9.80 Å². The minimum absolute atomic E-state index is 0.560. The maximum atomic E-state index is 6.24. The van der Waals surface area contributed by atoms with Crippen LogP contribution in [0.15, 0.2) is 28.8 Å². The Morgan fingerprint density at radius 2 is 2.12 bits per heavy atom. The first-order valence-corrected chi connectivity index (χ1v) is 9.63. The number of nitrogens with zero attached hydrogens (tertiary/aromatic N) is 4. The monoisotopic (exact) mass is 376 g/mol. The minimum atomic E-state index is 0.560. The number of benzene rings is 1. The zero-order valence-electron chi connectivity index (χ0n) is 15.1. The molecular formula is C19H25ClN4O2. The fourth-order valence-electron chi connectivity index (χ4n) is 4.15. The number of halogens is 1. The summed E-state index contributed by atoms with van der Waals surface area (Å²) in [4.78, 5) is 9.61. The molecule has 5 rings (SSSR count). The fourth-order valence-corrected chi connectivity index (χ4v) is 4.37. The number of aromatic nitrogens is 2. The van der Waals surface area contributed by atoms with Crippen LogP contribution in [0, 0.1) is 5.92 Å². The summed E-state index contributed by atoms with van der Waals surface area (Å²) >= 11 is 6.24. The summed E-state index contributed by atoms with van der Waals surface area (Å²) in [5, 5.41) is 4.76. The highest BCUT2D eigenvalue weighted by Gasteiger charge is 2.34. The standard InChI is InChI=1S/C19H25ClN4O2/c1-25-9-8-24-11-14-6-7-15(24)12-23(10-14)13-18-21-19(22-26-18)16-4-2-3-5-17(16)20/h2-5,14-15H,6-13H2,1H3/t14-,15+/m0/s1. The number of piperidine rings is 1. The number of fused-ring (bicyclic) bond motifs is 4. The first-order valence-electron chi connectivity index (χ1n) is 9.25. The van der Waals surface area contributed by atoms with Gasteiger partial charge in [-0.15, -0.1) is 0 Å². The zero-order chi connectivity index (χ0) is 17.9. The Hall–Kier alpha value is -1.47. The smallest absolute Gasteiger partial charge is 0.241 e. The summed E-state index contributed by atoms with van der Waals surface area (Å²) in [6.45, 7) is 5.81. The van der Waals surface area contributed by atoms with E-state index in [1.165, 1.54) is 19.4 Å². The van der Waals surface area contributed by atoms with E-state index < -0.39 is 0 Å². The first kappa shape index (κ1) is 17.9. The Balaban J connectivity index is 1.43. The lowest BCUT2D eigenvalue weighted by Crippen LogP contribution is -2.45. The van der Waals surface area contributed by atoms with Crippen LogP contribution < -0.4 is 0 Å². The van der Waals surface area contributed by atoms with Crippen LogP contribution in [-0.2, 0) is 11.3 Å². The van der Waals surface area contributed by atoms with Gasteiger partial charge in [0.1, 0.15) is 0 Å². The van der Waals surface area contributed by atoms with Gasteiger partial charge in [-0.1, -0.05) is 28.9 Å². The van der Waals surface area contributed by atoms with Gasteiger partial charge in [0.2, 0.25) is 11.7 Å². The minimum Gasteiger partial charge on any atom is -0.383 e. The van der Waals surface area contributed by atoms with Crippen LogP contribution in [0.1, 0.15) is 18.7 Å². The van der Waals surface area contributed by atoms with Crippen molar-refractivity contribution in [3.05, 3.63) is 35.2 Å². The molecule has 4 heterocycles. The molecule has 3 aliphatic heterocycles. The molecule has 0 unspecified atom stereocenters. The van der Waals surface area contributed by atoms with Crippen LogP contribution in [0.3, 0.4) is 0 Å². The van der Waals surface area contributed by atoms with Gasteiger partial charge in [-0.2, -0.15) is 4.98 Å². The van der Waals surface area contributed by atoms with Crippen molar-refractivity contribution in [3.8, 4) is 11.4 Å². The van der Waals surface area contributed by atoms with Gasteiger partial charge in [0.25, 0.3) is 0 Å². The van der Waals surface area contributed by atoms with Crippen LogP contribution >= 0.6 is 11.6 Å². The third-order valence-electron chi connectivity index (χ3n) is 5.43. The lowest BCUT2D eigenvalue weighted by molar-refractivity contribution is 0.0864. The van der Waals surface area contributed by atoms with Gasteiger partial charge in [-0.25, -0.2) is 0 Å². The normalized spacial score (nSPS) is 24.1. The number of rotatable bonds is 6. The molecule has 2 bridgehead atoms. The number of ether oxygens (including phenoxy) is 1. The Labute approximate surface area is 159 Å². The summed E-state index contributed by atoms with van der Waals surface area (Å²) in [5.41, 5.74) is 0.811. The van der Waals surface area contributed by atoms with Crippen molar-refractivity contribution in [2.24, 2.45) is 5.92 Å². The average Bonchev–Trinajstić information content (AvgIpc) is 2.92. The van der Waals surface area contributed by atoms with Crippen molar-refractivity contribution >= 4 is 11.6 Å². The van der Waals surface area contributed by atoms with Crippen LogP contribution in [-0.4, -0.2) is 65.9 Å². The first-order chi connectivity index (χ1) is 12.7. The SMILES string of the molecule is COCCN1C[C@H]2CC[C@@H]1CN(Cc1nc(-c3ccccc3Cl)no1)C2. The van der Waals surface area contributed by atoms with Gasteiger partial charge in [-0.05, 0) is 30.9 Å². The summed E-state index contributed by atoms with van der Waals surface area (Å²) < 4.78 is 10.8. The van der Waals surface area contributed by atoms with Crippen molar-refractivity contribution in [2.75, 3.05) is 39.9 Å². The van der Waals surface area contributed by atoms with Crippen molar-refractivity contribution in [1.29, 1.82) is 0 Å². The number of methoxy groups -OCH3 is 1. The molecule has 1 aromatic heterocycles. The van der Waals surface area contributed by atoms with Gasteiger partial charge in [0, 0.05) is 44.9 Å². The van der Waals surface area contributed by atoms with Gasteiger partial charge < -0.3 is 9.26 Å². The van der Waals surface area contributed by atoms with Crippen LogP contribution in [0.4, 0.5) is 0 Å². The zero-order valence-corrected chi connectivity index (χ0v) is 15.9. The predicted molar refractivity (Wildman–Crippen MR) is 100.0 cm³/mol. The lowest BCUT2D eigenvalue weighted by Gasteiger charge is -2.35. The van der Waals surface area contributed by atoms with Crippen molar-refractivity contribution in [1.82, 2.24) is 19.9 Å². The fraction of sp³-hybridized carbons (Fsp3) is 0.579. The van der Waals surface area contributed by atoms with Crippen molar-refractivity contribution in [3.63, 3.8) is 0 Å². The molecule has 0 radical (unpaired) electrons. The molecule has 3 saturated heterocycles. The Kier molecular flexibility index (Phi) is 5.55. The molecule has 3 aliphatic rings. The second-order valence-corrected chi connectivity index (χ2v) is 7.68. The topological polar surface area (TPSA) is 54.6 Å². The third kappa shape index (κ3) is 3.93. The van der Waals surface area contributed by atoms with Crippen LogP contribution in [0.2, 0.25) is 5.02 Å². The summed E-state index contributed by atoms with van der Waals surface area (Å²) in [7, 11) is 1.77. The molecule has 6 nitrogen and oxygen atoms in total. The largest absolute Gasteiger partial charge is 0.383 e. The lowest BCUT2D eigenvalue weighted by atomic mass is 9.95. The molecule has 3 fully saturated rings. The van der Waals surface area contributed by atoms with Crippen molar-refractivity contribution in [2.45, 2.75) is 25.4 Å². The molecule has 0 amide bonds. The van der Waals surface area contributed by atoms with E-state index >= 15 is 0 Å². The van der Waals surface area contributed by atoms with E-state index in [-0.39, 0.29) is 0 Å². The maximum absolute atomic E-state index is 6.24. The van der Waals surface area contributed by atoms with Gasteiger partial charge in [0.05, 0.1) is 18.2 Å². The second kappa shape index (κ2) is 8.05. The Bertz CT molecular complexity index is 738. The van der Waals surface area contributed by atoms with Gasteiger partial charge in [0.15, 0.2) is 0 Å². The van der Waals surface area contributed by atoms with Crippen LogP contribution in [0.25, 0.3) is 11.4 Å². The van der Waals surface area contributed by atoms with Crippen LogP contribution in [0.5, 0.6) is 0 Å². The highest BCUT2D eigenvalue weighted by atomic mass is 35.5. The predicted octanol–water partition coefficient (Wildman–Crippen LogP) is 2.93. The molecule has 0 spiro atoms. The third-order valence-corrected chi connectivity index (χ3v) is 5.76. The molecule has 140 valence electrons. The highest BCUT2D eigenvalue weighted by Crippen LogP contribution is 2.29. The highest BCUT2D eigenvalue weighted by molar-refractivity contribution is 6.33. The number of hydrogen-bond donors (Lipinski definition) is 0. The Morgan fingerprint density at radius 1 is 1.23 bits per heavy atom. The number of hydrogen-bond acceptors (Lipinski definition) is 6. The quantitative estimate of drug-likeness (QED) is 0.772.